The number of hydrogen-bond acceptors (Lipinski definition) is 4. The van der Waals surface area contributed by atoms with Crippen LogP contribution in [0.4, 0.5) is 11.8 Å². The summed E-state index contributed by atoms with van der Waals surface area (Å²) < 4.78 is 0. The van der Waals surface area contributed by atoms with Gasteiger partial charge in [-0.3, -0.25) is 0 Å². The lowest BCUT2D eigenvalue weighted by atomic mass is 10.1. The fourth-order valence-electron chi connectivity index (χ4n) is 3.35. The summed E-state index contributed by atoms with van der Waals surface area (Å²) in [6, 6.07) is 20.6. The Balaban J connectivity index is 1.54. The lowest BCUT2D eigenvalue weighted by Gasteiger charge is -2.21. The van der Waals surface area contributed by atoms with E-state index in [4.69, 9.17) is 4.98 Å². The van der Waals surface area contributed by atoms with Gasteiger partial charge in [0.25, 0.3) is 0 Å². The van der Waals surface area contributed by atoms with Crippen LogP contribution in [0.2, 0.25) is 0 Å². The molecular weight excluding hydrogens is 358 g/mol. The summed E-state index contributed by atoms with van der Waals surface area (Å²) in [5.74, 6) is 1.46. The lowest BCUT2D eigenvalue weighted by Crippen LogP contribution is -2.27. The Kier molecular flexibility index (Phi) is 5.21. The van der Waals surface area contributed by atoms with Gasteiger partial charge in [0, 0.05) is 40.8 Å². The predicted octanol–water partition coefficient (Wildman–Crippen LogP) is 5.49. The molecule has 0 radical (unpaired) electrons. The van der Waals surface area contributed by atoms with Gasteiger partial charge in [-0.05, 0) is 38.8 Å². The smallest absolute Gasteiger partial charge is 0.225 e. The molecule has 3 N–H and O–H groups in total. The average Bonchev–Trinajstić information content (AvgIpc) is 3.10. The molecule has 4 rings (SSSR count). The summed E-state index contributed by atoms with van der Waals surface area (Å²) in [5, 5.41) is 8.15. The van der Waals surface area contributed by atoms with Gasteiger partial charge in [0.2, 0.25) is 5.95 Å². The second-order valence-electron chi connectivity index (χ2n) is 8.24. The molecule has 0 aliphatic carbocycles. The maximum Gasteiger partial charge on any atom is 0.225 e. The Morgan fingerprint density at radius 1 is 0.931 bits per heavy atom. The molecule has 5 heteroatoms. The fraction of sp³-hybridized carbons (Fsp3) is 0.250. The standard InChI is InChI=1S/C24H27N5/c1-24(2,3)29-23-27-21(17-9-5-4-6-10-17)15-22(28-23)25-14-13-18-16-26-20-12-8-7-11-19(18)20/h4-12,15-16,26H,13-14H2,1-3H3,(H2,25,27,28,29). The Morgan fingerprint density at radius 2 is 1.69 bits per heavy atom. The number of H-pyrrole nitrogens is 1. The van der Waals surface area contributed by atoms with Crippen molar-refractivity contribution in [3.8, 4) is 11.3 Å². The van der Waals surface area contributed by atoms with Crippen LogP contribution >= 0.6 is 0 Å². The first-order valence-electron chi connectivity index (χ1n) is 9.99. The van der Waals surface area contributed by atoms with Gasteiger partial charge in [-0.15, -0.1) is 0 Å². The second-order valence-corrected chi connectivity index (χ2v) is 8.24. The maximum absolute atomic E-state index is 4.72. The second kappa shape index (κ2) is 7.95. The van der Waals surface area contributed by atoms with E-state index in [1.165, 1.54) is 16.5 Å². The molecule has 29 heavy (non-hydrogen) atoms. The normalized spacial score (nSPS) is 11.6. The third-order valence-electron chi connectivity index (χ3n) is 4.66. The van der Waals surface area contributed by atoms with Crippen molar-refractivity contribution in [2.75, 3.05) is 17.2 Å². The van der Waals surface area contributed by atoms with Crippen LogP contribution < -0.4 is 10.6 Å². The number of aromatic nitrogens is 3. The molecule has 0 saturated heterocycles. The Labute approximate surface area is 171 Å². The molecule has 148 valence electrons. The van der Waals surface area contributed by atoms with Crippen molar-refractivity contribution in [1.82, 2.24) is 15.0 Å². The van der Waals surface area contributed by atoms with Crippen LogP contribution in [0.15, 0.2) is 66.9 Å². The number of aromatic amines is 1. The SMILES string of the molecule is CC(C)(C)Nc1nc(NCCc2c[nH]c3ccccc23)cc(-c2ccccc2)n1. The van der Waals surface area contributed by atoms with Crippen LogP contribution in [0.25, 0.3) is 22.2 Å². The summed E-state index contributed by atoms with van der Waals surface area (Å²) in [6.07, 6.45) is 3.00. The van der Waals surface area contributed by atoms with E-state index in [0.717, 1.165) is 30.0 Å². The molecule has 0 atom stereocenters. The summed E-state index contributed by atoms with van der Waals surface area (Å²) in [6.45, 7) is 7.11. The third-order valence-corrected chi connectivity index (χ3v) is 4.66. The Morgan fingerprint density at radius 3 is 2.48 bits per heavy atom. The quantitative estimate of drug-likeness (QED) is 0.411. The molecule has 0 bridgehead atoms. The topological polar surface area (TPSA) is 65.6 Å². The predicted molar refractivity (Wildman–Crippen MR) is 121 cm³/mol. The number of rotatable bonds is 6. The summed E-state index contributed by atoms with van der Waals surface area (Å²) >= 11 is 0. The largest absolute Gasteiger partial charge is 0.370 e. The fourth-order valence-corrected chi connectivity index (χ4v) is 3.35. The van der Waals surface area contributed by atoms with E-state index in [2.05, 4.69) is 84.0 Å². The van der Waals surface area contributed by atoms with E-state index in [1.807, 2.05) is 24.3 Å². The van der Waals surface area contributed by atoms with Crippen molar-refractivity contribution < 1.29 is 0 Å². The molecule has 2 aromatic carbocycles. The number of nitrogens with one attached hydrogen (secondary N) is 3. The summed E-state index contributed by atoms with van der Waals surface area (Å²) in [7, 11) is 0. The maximum atomic E-state index is 4.72. The van der Waals surface area contributed by atoms with Crippen LogP contribution in [0.3, 0.4) is 0 Å². The molecule has 0 fully saturated rings. The molecule has 0 spiro atoms. The van der Waals surface area contributed by atoms with Gasteiger partial charge in [-0.25, -0.2) is 4.98 Å². The molecule has 0 aliphatic rings. The number of para-hydroxylation sites is 1. The number of anilines is 2. The highest BCUT2D eigenvalue weighted by Gasteiger charge is 2.14. The first-order valence-corrected chi connectivity index (χ1v) is 9.99. The van der Waals surface area contributed by atoms with Gasteiger partial charge in [0.05, 0.1) is 5.69 Å². The van der Waals surface area contributed by atoms with Crippen LogP contribution in [0.5, 0.6) is 0 Å². The Bertz CT molecular complexity index is 1090. The summed E-state index contributed by atoms with van der Waals surface area (Å²) in [4.78, 5) is 12.7. The Hall–Kier alpha value is -3.34. The lowest BCUT2D eigenvalue weighted by molar-refractivity contribution is 0.626. The van der Waals surface area contributed by atoms with Crippen molar-refractivity contribution in [1.29, 1.82) is 0 Å². The minimum absolute atomic E-state index is 0.114. The molecule has 2 heterocycles. The minimum atomic E-state index is -0.114. The zero-order chi connectivity index (χ0) is 20.3. The minimum Gasteiger partial charge on any atom is -0.370 e. The number of benzene rings is 2. The van der Waals surface area contributed by atoms with Crippen LogP contribution in [-0.2, 0) is 6.42 Å². The van der Waals surface area contributed by atoms with E-state index in [9.17, 15) is 0 Å². The number of fused-ring (bicyclic) bond motifs is 1. The molecule has 4 aromatic rings. The van der Waals surface area contributed by atoms with Gasteiger partial charge in [-0.2, -0.15) is 4.98 Å². The highest BCUT2D eigenvalue weighted by Crippen LogP contribution is 2.23. The molecule has 0 amide bonds. The molecule has 0 saturated carbocycles. The average molecular weight is 386 g/mol. The zero-order valence-electron chi connectivity index (χ0n) is 17.2. The van der Waals surface area contributed by atoms with Crippen LogP contribution in [-0.4, -0.2) is 27.0 Å². The third kappa shape index (κ3) is 4.74. The van der Waals surface area contributed by atoms with Crippen LogP contribution in [0.1, 0.15) is 26.3 Å². The van der Waals surface area contributed by atoms with Crippen molar-refractivity contribution >= 4 is 22.7 Å². The first kappa shape index (κ1) is 19.0. The highest BCUT2D eigenvalue weighted by molar-refractivity contribution is 5.83. The van der Waals surface area contributed by atoms with Crippen molar-refractivity contribution in [3.05, 3.63) is 72.4 Å². The first-order chi connectivity index (χ1) is 14.0. The van der Waals surface area contributed by atoms with E-state index >= 15 is 0 Å². The van der Waals surface area contributed by atoms with E-state index in [-0.39, 0.29) is 5.54 Å². The van der Waals surface area contributed by atoms with Gasteiger partial charge in [0.15, 0.2) is 0 Å². The molecular formula is C24H27N5. The molecule has 0 aliphatic heterocycles. The van der Waals surface area contributed by atoms with E-state index in [0.29, 0.717) is 5.95 Å². The molecule has 0 unspecified atom stereocenters. The monoisotopic (exact) mass is 385 g/mol. The van der Waals surface area contributed by atoms with E-state index in [1.54, 1.807) is 0 Å². The summed E-state index contributed by atoms with van der Waals surface area (Å²) in [5.41, 5.74) is 4.34. The zero-order valence-corrected chi connectivity index (χ0v) is 17.2. The van der Waals surface area contributed by atoms with Gasteiger partial charge in [-0.1, -0.05) is 48.5 Å². The van der Waals surface area contributed by atoms with Gasteiger partial charge >= 0.3 is 0 Å². The molecule has 5 nitrogen and oxygen atoms in total. The highest BCUT2D eigenvalue weighted by atomic mass is 15.2. The molecule has 2 aromatic heterocycles. The van der Waals surface area contributed by atoms with Crippen molar-refractivity contribution in [2.24, 2.45) is 0 Å². The van der Waals surface area contributed by atoms with Crippen molar-refractivity contribution in [3.63, 3.8) is 0 Å². The number of nitrogens with zero attached hydrogens (tertiary/aromatic N) is 2. The van der Waals surface area contributed by atoms with Crippen LogP contribution in [0, 0.1) is 0 Å². The van der Waals surface area contributed by atoms with Gasteiger partial charge < -0.3 is 15.6 Å². The van der Waals surface area contributed by atoms with E-state index < -0.39 is 0 Å². The number of hydrogen-bond donors (Lipinski definition) is 3. The van der Waals surface area contributed by atoms with Crippen molar-refractivity contribution in [2.45, 2.75) is 32.7 Å². The van der Waals surface area contributed by atoms with Gasteiger partial charge in [0.1, 0.15) is 5.82 Å².